The normalized spacial score (nSPS) is 11.4. The Kier molecular flexibility index (Phi) is 10.4. The molecule has 11 heteroatoms. The van der Waals surface area contributed by atoms with Crippen LogP contribution in [0.1, 0.15) is 12.0 Å². The van der Waals surface area contributed by atoms with Gasteiger partial charge in [0.25, 0.3) is 0 Å². The maximum absolute atomic E-state index is 13.6. The van der Waals surface area contributed by atoms with Gasteiger partial charge in [0.2, 0.25) is 15.9 Å². The number of halogens is 1. The summed E-state index contributed by atoms with van der Waals surface area (Å²) < 4.78 is 39.0. The van der Waals surface area contributed by atoms with E-state index in [4.69, 9.17) is 21.1 Å². The molecule has 3 aromatic carbocycles. The molecule has 0 unspecified atom stereocenters. The van der Waals surface area contributed by atoms with Crippen molar-refractivity contribution in [2.75, 3.05) is 45.7 Å². The highest BCUT2D eigenvalue weighted by Crippen LogP contribution is 2.31. The highest BCUT2D eigenvalue weighted by atomic mass is 35.5. The molecule has 41 heavy (non-hydrogen) atoms. The Bertz CT molecular complexity index is 1580. The lowest BCUT2D eigenvalue weighted by atomic mass is 10.1. The largest absolute Gasteiger partial charge is 0.493 e. The Morgan fingerprint density at radius 2 is 1.73 bits per heavy atom. The molecule has 0 radical (unpaired) electrons. The number of carbonyl (C=O) groups excluding carboxylic acids is 1. The van der Waals surface area contributed by atoms with Gasteiger partial charge in [-0.05, 0) is 54.8 Å². The van der Waals surface area contributed by atoms with Crippen molar-refractivity contribution in [3.63, 3.8) is 0 Å². The van der Waals surface area contributed by atoms with E-state index in [0.29, 0.717) is 42.5 Å². The second-order valence-corrected chi connectivity index (χ2v) is 11.6. The average molecular weight is 597 g/mol. The number of nitrogens with zero attached hydrogens (tertiary/aromatic N) is 2. The molecule has 0 aliphatic heterocycles. The molecule has 4 aromatic rings. The number of hydrogen-bond acceptors (Lipinski definition) is 7. The molecule has 0 aliphatic carbocycles. The van der Waals surface area contributed by atoms with E-state index in [0.717, 1.165) is 22.2 Å². The lowest BCUT2D eigenvalue weighted by molar-refractivity contribution is -0.121. The van der Waals surface area contributed by atoms with Gasteiger partial charge in [-0.25, -0.2) is 8.42 Å². The van der Waals surface area contributed by atoms with E-state index in [1.807, 2.05) is 54.6 Å². The Balaban J connectivity index is 1.38. The second kappa shape index (κ2) is 14.2. The molecule has 2 N–H and O–H groups in total. The zero-order valence-corrected chi connectivity index (χ0v) is 24.5. The number of anilines is 1. The molecule has 0 fully saturated rings. The summed E-state index contributed by atoms with van der Waals surface area (Å²) in [7, 11) is -1.09. The van der Waals surface area contributed by atoms with Crippen LogP contribution in [0, 0.1) is 0 Å². The quantitative estimate of drug-likeness (QED) is 0.202. The van der Waals surface area contributed by atoms with Crippen LogP contribution in [-0.4, -0.2) is 64.0 Å². The smallest absolute Gasteiger partial charge is 0.243 e. The van der Waals surface area contributed by atoms with Crippen LogP contribution in [0.4, 0.5) is 5.69 Å². The molecule has 216 valence electrons. The van der Waals surface area contributed by atoms with Gasteiger partial charge < -0.3 is 20.1 Å². The highest BCUT2D eigenvalue weighted by molar-refractivity contribution is 7.89. The molecule has 1 amide bonds. The number of rotatable bonds is 14. The minimum absolute atomic E-state index is 0.0195. The number of aromatic nitrogens is 1. The lowest BCUT2D eigenvalue weighted by Crippen LogP contribution is -2.42. The minimum Gasteiger partial charge on any atom is -0.493 e. The molecule has 1 heterocycles. The summed E-state index contributed by atoms with van der Waals surface area (Å²) in [5, 5.41) is 7.79. The number of sulfonamides is 1. The maximum Gasteiger partial charge on any atom is 0.243 e. The van der Waals surface area contributed by atoms with Gasteiger partial charge in [-0.1, -0.05) is 41.9 Å². The van der Waals surface area contributed by atoms with Crippen LogP contribution >= 0.6 is 11.6 Å². The molecule has 0 saturated carbocycles. The summed E-state index contributed by atoms with van der Waals surface area (Å²) in [6.07, 6.45) is 2.80. The van der Waals surface area contributed by atoms with Crippen LogP contribution in [-0.2, 0) is 21.2 Å². The summed E-state index contributed by atoms with van der Waals surface area (Å²) in [6.45, 7) is 0.800. The van der Waals surface area contributed by atoms with Crippen LogP contribution in [0.15, 0.2) is 83.9 Å². The van der Waals surface area contributed by atoms with Crippen molar-refractivity contribution in [3.05, 3.63) is 89.6 Å². The van der Waals surface area contributed by atoms with E-state index >= 15 is 0 Å². The predicted molar refractivity (Wildman–Crippen MR) is 161 cm³/mol. The van der Waals surface area contributed by atoms with E-state index in [2.05, 4.69) is 15.6 Å². The molecule has 0 spiro atoms. The molecular weight excluding hydrogens is 564 g/mol. The summed E-state index contributed by atoms with van der Waals surface area (Å²) in [6, 6.07) is 21.4. The average Bonchev–Trinajstić information content (AvgIpc) is 2.98. The predicted octanol–water partition coefficient (Wildman–Crippen LogP) is 4.76. The first-order chi connectivity index (χ1) is 19.8. The summed E-state index contributed by atoms with van der Waals surface area (Å²) >= 11 is 6.07. The zero-order chi connectivity index (χ0) is 29.2. The van der Waals surface area contributed by atoms with E-state index < -0.39 is 10.0 Å². The van der Waals surface area contributed by atoms with Crippen LogP contribution in [0.25, 0.3) is 10.9 Å². The minimum atomic E-state index is -4.01. The Morgan fingerprint density at radius 1 is 0.951 bits per heavy atom. The number of hydrogen-bond donors (Lipinski definition) is 2. The number of nitrogens with one attached hydrogen (secondary N) is 2. The molecule has 0 saturated heterocycles. The van der Waals surface area contributed by atoms with Crippen LogP contribution < -0.4 is 20.1 Å². The molecular formula is C30H33ClN4O5S. The van der Waals surface area contributed by atoms with Crippen LogP contribution in [0.2, 0.25) is 5.02 Å². The van der Waals surface area contributed by atoms with Gasteiger partial charge in [-0.3, -0.25) is 9.78 Å². The van der Waals surface area contributed by atoms with Crippen molar-refractivity contribution in [2.24, 2.45) is 0 Å². The third kappa shape index (κ3) is 7.87. The number of methoxy groups -OCH3 is 2. The molecule has 0 atom stereocenters. The summed E-state index contributed by atoms with van der Waals surface area (Å²) in [5.74, 6) is 0.321. The number of benzene rings is 3. The van der Waals surface area contributed by atoms with Crippen molar-refractivity contribution in [3.8, 4) is 11.5 Å². The van der Waals surface area contributed by atoms with Gasteiger partial charge in [-0.2, -0.15) is 4.31 Å². The van der Waals surface area contributed by atoms with Gasteiger partial charge in [0.1, 0.15) is 0 Å². The number of fused-ring (bicyclic) bond motifs is 1. The van der Waals surface area contributed by atoms with Gasteiger partial charge in [-0.15, -0.1) is 0 Å². The fourth-order valence-corrected chi connectivity index (χ4v) is 5.92. The monoisotopic (exact) mass is 596 g/mol. The van der Waals surface area contributed by atoms with Crippen molar-refractivity contribution in [1.82, 2.24) is 14.6 Å². The fraction of sp³-hybridized carbons (Fsp3) is 0.267. The standard InChI is InChI=1S/C30H33ClN4O5S/c1-39-28-12-10-24(20-29(28)40-2)41(37,38)35(18-14-22-7-4-3-5-8-22)21-30(36)34-16-6-15-32-26-13-17-33-27-19-23(31)9-11-25(26)27/h3-5,7-13,17,19-20H,6,14-16,18,21H2,1-2H3,(H,32,33)(H,34,36). The highest BCUT2D eigenvalue weighted by Gasteiger charge is 2.27. The number of amides is 1. The van der Waals surface area contributed by atoms with Crippen LogP contribution in [0.3, 0.4) is 0 Å². The van der Waals surface area contributed by atoms with Crippen molar-refractivity contribution >= 4 is 44.1 Å². The Hall–Kier alpha value is -3.86. The lowest BCUT2D eigenvalue weighted by Gasteiger charge is -2.22. The fourth-order valence-electron chi connectivity index (χ4n) is 4.34. The zero-order valence-electron chi connectivity index (χ0n) is 23.0. The molecule has 4 rings (SSSR count). The topological polar surface area (TPSA) is 110 Å². The van der Waals surface area contributed by atoms with Gasteiger partial charge in [0, 0.05) is 48.0 Å². The first-order valence-electron chi connectivity index (χ1n) is 13.1. The van der Waals surface area contributed by atoms with E-state index in [-0.39, 0.29) is 23.9 Å². The van der Waals surface area contributed by atoms with Crippen molar-refractivity contribution in [2.45, 2.75) is 17.7 Å². The Morgan fingerprint density at radius 3 is 2.49 bits per heavy atom. The number of pyridine rings is 1. The summed E-state index contributed by atoms with van der Waals surface area (Å²) in [5.41, 5.74) is 2.69. The SMILES string of the molecule is COc1ccc(S(=O)(=O)N(CCc2ccccc2)CC(=O)NCCCNc2ccnc3cc(Cl)ccc23)cc1OC. The molecule has 0 bridgehead atoms. The van der Waals surface area contributed by atoms with E-state index in [9.17, 15) is 13.2 Å². The van der Waals surface area contributed by atoms with E-state index in [1.54, 1.807) is 6.20 Å². The second-order valence-electron chi connectivity index (χ2n) is 9.24. The molecule has 9 nitrogen and oxygen atoms in total. The van der Waals surface area contributed by atoms with Gasteiger partial charge in [0.05, 0.1) is 31.2 Å². The number of carbonyl (C=O) groups is 1. The third-order valence-corrected chi connectivity index (χ3v) is 8.58. The van der Waals surface area contributed by atoms with Gasteiger partial charge >= 0.3 is 0 Å². The maximum atomic E-state index is 13.6. The van der Waals surface area contributed by atoms with Gasteiger partial charge in [0.15, 0.2) is 11.5 Å². The summed E-state index contributed by atoms with van der Waals surface area (Å²) in [4.78, 5) is 17.3. The molecule has 0 aliphatic rings. The van der Waals surface area contributed by atoms with Crippen LogP contribution in [0.5, 0.6) is 11.5 Å². The first kappa shape index (κ1) is 30.1. The molecule has 1 aromatic heterocycles. The number of ether oxygens (including phenoxy) is 2. The van der Waals surface area contributed by atoms with Crippen molar-refractivity contribution in [1.29, 1.82) is 0 Å². The van der Waals surface area contributed by atoms with Crippen molar-refractivity contribution < 1.29 is 22.7 Å². The third-order valence-electron chi connectivity index (χ3n) is 6.50. The first-order valence-corrected chi connectivity index (χ1v) is 14.9. The van der Waals surface area contributed by atoms with E-state index in [1.165, 1.54) is 36.7 Å². The Labute approximate surface area is 245 Å².